The maximum atomic E-state index is 13.2. The zero-order valence-corrected chi connectivity index (χ0v) is 31.6. The fourth-order valence-corrected chi connectivity index (χ4v) is 5.79. The lowest BCUT2D eigenvalue weighted by molar-refractivity contribution is -0.142. The van der Waals surface area contributed by atoms with E-state index in [0.717, 1.165) is 0 Å². The van der Waals surface area contributed by atoms with Crippen LogP contribution in [0.4, 0.5) is 4.39 Å². The summed E-state index contributed by atoms with van der Waals surface area (Å²) in [5, 5.41) is 24.7. The molecule has 0 spiro atoms. The summed E-state index contributed by atoms with van der Waals surface area (Å²) < 4.78 is 12.7. The number of hydrogen-bond donors (Lipinski definition) is 9. The smallest absolute Gasteiger partial charge is 0.326 e. The van der Waals surface area contributed by atoms with Crippen LogP contribution in [-0.2, 0) is 41.9 Å². The van der Waals surface area contributed by atoms with Gasteiger partial charge in [-0.15, -0.1) is 0 Å². The number of hydrogen-bond acceptors (Lipinski definition) is 10. The van der Waals surface area contributed by atoms with Crippen LogP contribution in [0.25, 0.3) is 0 Å². The van der Waals surface area contributed by atoms with Gasteiger partial charge in [-0.1, -0.05) is 42.5 Å². The van der Waals surface area contributed by atoms with Crippen LogP contribution in [0.2, 0.25) is 0 Å². The topological polar surface area (TPSA) is 264 Å². The number of alkyl halides is 1. The SMILES string of the molecule is NCCCCC(NC(=O)CNC(=O)[C@H](Cc1ccccc1)NC(=O)CNC(=O)C(CCCCN)NC(=O)CSCCNC(=O)c1ccc(C[18F])cc1)C(=O)O. The highest BCUT2D eigenvalue weighted by Gasteiger charge is 2.25. The number of unbranched alkanes of at least 4 members (excludes halogenated alkanes) is 2. The minimum absolute atomic E-state index is 0.00176. The first-order valence-electron chi connectivity index (χ1n) is 18.1. The van der Waals surface area contributed by atoms with Crippen LogP contribution in [0.3, 0.4) is 0 Å². The lowest BCUT2D eigenvalue weighted by Crippen LogP contribution is -2.54. The number of carboxylic acid groups (broad SMARTS) is 1. The van der Waals surface area contributed by atoms with E-state index < -0.39 is 73.4 Å². The molecule has 2 rings (SSSR count). The molecule has 0 aliphatic heterocycles. The van der Waals surface area contributed by atoms with Gasteiger partial charge in [0.05, 0.1) is 18.8 Å². The molecule has 6 amide bonds. The fourth-order valence-electron chi connectivity index (χ4n) is 5.13. The van der Waals surface area contributed by atoms with Gasteiger partial charge in [-0.25, -0.2) is 9.18 Å². The van der Waals surface area contributed by atoms with Gasteiger partial charge >= 0.3 is 5.97 Å². The van der Waals surface area contributed by atoms with Crippen LogP contribution in [0.1, 0.15) is 60.0 Å². The van der Waals surface area contributed by atoms with Crippen LogP contribution in [0.5, 0.6) is 0 Å². The summed E-state index contributed by atoms with van der Waals surface area (Å²) in [6.07, 6.45) is 2.69. The number of nitrogens with two attached hydrogens (primary N) is 2. The first kappa shape index (κ1) is 46.1. The van der Waals surface area contributed by atoms with Crippen molar-refractivity contribution in [3.05, 3.63) is 71.3 Å². The predicted molar refractivity (Wildman–Crippen MR) is 206 cm³/mol. The molecule has 0 saturated carbocycles. The summed E-state index contributed by atoms with van der Waals surface area (Å²) in [6, 6.07) is 11.6. The van der Waals surface area contributed by atoms with E-state index in [9.17, 15) is 43.1 Å². The molecule has 18 heteroatoms. The number of halogens is 1. The first-order chi connectivity index (χ1) is 26.5. The normalized spacial score (nSPS) is 12.3. The van der Waals surface area contributed by atoms with Crippen molar-refractivity contribution < 1.29 is 43.1 Å². The van der Waals surface area contributed by atoms with E-state index in [2.05, 4.69) is 31.9 Å². The monoisotopic (exact) mass is 787 g/mol. The van der Waals surface area contributed by atoms with E-state index in [1.165, 1.54) is 36.0 Å². The molecule has 55 heavy (non-hydrogen) atoms. The van der Waals surface area contributed by atoms with E-state index in [-0.39, 0.29) is 37.5 Å². The number of carboxylic acids is 1. The van der Waals surface area contributed by atoms with Crippen LogP contribution in [0, 0.1) is 0 Å². The maximum absolute atomic E-state index is 13.2. The predicted octanol–water partition coefficient (Wildman–Crippen LogP) is -0.109. The molecule has 16 nitrogen and oxygen atoms in total. The maximum Gasteiger partial charge on any atom is 0.326 e. The Bertz CT molecular complexity index is 1540. The Morgan fingerprint density at radius 2 is 1.20 bits per heavy atom. The van der Waals surface area contributed by atoms with Crippen LogP contribution in [-0.4, -0.2) is 109 Å². The minimum Gasteiger partial charge on any atom is -0.480 e. The molecule has 0 aromatic heterocycles. The Kier molecular flexibility index (Phi) is 22.3. The van der Waals surface area contributed by atoms with Gasteiger partial charge in [-0.05, 0) is 74.9 Å². The number of carbonyl (C=O) groups excluding carboxylic acids is 6. The highest BCUT2D eigenvalue weighted by molar-refractivity contribution is 7.99. The van der Waals surface area contributed by atoms with Crippen LogP contribution < -0.4 is 43.4 Å². The first-order valence-corrected chi connectivity index (χ1v) is 19.2. The molecule has 2 aromatic rings. The standard InChI is InChI=1S/C37H53FN8O8S/c38-21-26-12-14-27(15-13-26)34(50)41-18-19-55-24-33(49)44-28(10-4-6-16-39)35(51)42-23-32(48)46-30(20-25-8-2-1-3-9-25)36(52)43-22-31(47)45-29(37(53)54)11-5-7-17-40/h1-3,8-9,12-15,28-30H,4-7,10-11,16-24,39-40H2,(H,41,50)(H,42,51)(H,43,52)(H,44,49)(H,45,47)(H,46,48)(H,53,54)/t28?,29?,30-/m0/s1/i38-1. The van der Waals surface area contributed by atoms with Gasteiger partial charge in [0.1, 0.15) is 24.8 Å². The second-order valence-electron chi connectivity index (χ2n) is 12.5. The third-order valence-corrected chi connectivity index (χ3v) is 9.05. The third-order valence-electron chi connectivity index (χ3n) is 8.10. The third kappa shape index (κ3) is 19.2. The van der Waals surface area contributed by atoms with Gasteiger partial charge < -0.3 is 48.5 Å². The Morgan fingerprint density at radius 1 is 0.655 bits per heavy atom. The van der Waals surface area contributed by atoms with Crippen LogP contribution in [0.15, 0.2) is 54.6 Å². The molecule has 11 N–H and O–H groups in total. The van der Waals surface area contributed by atoms with Gasteiger partial charge in [0.15, 0.2) is 0 Å². The Morgan fingerprint density at radius 3 is 1.76 bits per heavy atom. The number of thioether (sulfide) groups is 1. The van der Waals surface area contributed by atoms with E-state index in [0.29, 0.717) is 61.2 Å². The highest BCUT2D eigenvalue weighted by Crippen LogP contribution is 2.08. The molecule has 3 atom stereocenters. The fraction of sp³-hybridized carbons (Fsp3) is 0.486. The molecular weight excluding hydrogens is 735 g/mol. The second-order valence-corrected chi connectivity index (χ2v) is 13.6. The lowest BCUT2D eigenvalue weighted by atomic mass is 10.1. The number of amides is 6. The lowest BCUT2D eigenvalue weighted by Gasteiger charge is -2.21. The molecule has 0 heterocycles. The molecule has 0 radical (unpaired) electrons. The van der Waals surface area contributed by atoms with Crippen molar-refractivity contribution in [1.82, 2.24) is 31.9 Å². The summed E-state index contributed by atoms with van der Waals surface area (Å²) in [6.45, 7) is -0.640. The minimum atomic E-state index is -1.22. The average Bonchev–Trinajstić information content (AvgIpc) is 3.18. The molecule has 0 fully saturated rings. The second kappa shape index (κ2) is 26.7. The summed E-state index contributed by atoms with van der Waals surface area (Å²) in [7, 11) is 0. The molecule has 0 aliphatic rings. The number of rotatable bonds is 27. The van der Waals surface area contributed by atoms with Crippen molar-refractivity contribution >= 4 is 53.2 Å². The van der Waals surface area contributed by atoms with Crippen molar-refractivity contribution in [3.8, 4) is 0 Å². The van der Waals surface area contributed by atoms with Gasteiger partial charge in [-0.3, -0.25) is 28.8 Å². The van der Waals surface area contributed by atoms with E-state index >= 15 is 0 Å². The quantitative estimate of drug-likeness (QED) is 0.0540. The summed E-state index contributed by atoms with van der Waals surface area (Å²) in [5.74, 6) is -4.31. The molecular formula is C37H53FN8O8S. The molecule has 0 saturated heterocycles. The zero-order valence-electron chi connectivity index (χ0n) is 30.8. The Balaban J connectivity index is 1.90. The molecule has 2 unspecified atom stereocenters. The summed E-state index contributed by atoms with van der Waals surface area (Å²) in [4.78, 5) is 88.3. The van der Waals surface area contributed by atoms with Gasteiger partial charge in [0.2, 0.25) is 29.5 Å². The average molecular weight is 788 g/mol. The Labute approximate surface area is 324 Å². The van der Waals surface area contributed by atoms with Crippen molar-refractivity contribution in [1.29, 1.82) is 0 Å². The van der Waals surface area contributed by atoms with Crippen molar-refractivity contribution in [2.24, 2.45) is 11.5 Å². The molecule has 0 aliphatic carbocycles. The number of aliphatic carboxylic acids is 1. The molecule has 2 aromatic carbocycles. The highest BCUT2D eigenvalue weighted by atomic mass is 32.2. The Hall–Kier alpha value is -5.07. The van der Waals surface area contributed by atoms with Crippen molar-refractivity contribution in [2.45, 2.75) is 69.7 Å². The number of carbonyl (C=O) groups is 7. The summed E-state index contributed by atoms with van der Waals surface area (Å²) in [5.41, 5.74) is 12.6. The molecule has 0 bridgehead atoms. The van der Waals surface area contributed by atoms with E-state index in [1.807, 2.05) is 0 Å². The van der Waals surface area contributed by atoms with Crippen LogP contribution >= 0.6 is 11.8 Å². The van der Waals surface area contributed by atoms with Gasteiger partial charge in [0.25, 0.3) is 5.91 Å². The largest absolute Gasteiger partial charge is 0.480 e. The number of nitrogens with one attached hydrogen (secondary N) is 6. The molecule has 302 valence electrons. The van der Waals surface area contributed by atoms with Gasteiger partial charge in [0, 0.05) is 24.3 Å². The van der Waals surface area contributed by atoms with E-state index in [4.69, 9.17) is 11.5 Å². The van der Waals surface area contributed by atoms with Gasteiger partial charge in [-0.2, -0.15) is 11.8 Å². The number of benzene rings is 2. The zero-order chi connectivity index (χ0) is 40.4. The van der Waals surface area contributed by atoms with Crippen molar-refractivity contribution in [2.75, 3.05) is 44.2 Å². The van der Waals surface area contributed by atoms with Crippen molar-refractivity contribution in [3.63, 3.8) is 0 Å². The summed E-state index contributed by atoms with van der Waals surface area (Å²) >= 11 is 1.24. The van der Waals surface area contributed by atoms with E-state index in [1.54, 1.807) is 30.3 Å².